The van der Waals surface area contributed by atoms with Crippen LogP contribution in [0.1, 0.15) is 16.8 Å². The first-order chi connectivity index (χ1) is 13.1. The van der Waals surface area contributed by atoms with E-state index in [1.807, 2.05) is 24.4 Å². The van der Waals surface area contributed by atoms with Crippen molar-refractivity contribution in [1.29, 1.82) is 0 Å². The molecule has 1 aromatic heterocycles. The average molecular weight is 385 g/mol. The van der Waals surface area contributed by atoms with E-state index in [0.29, 0.717) is 0 Å². The molecule has 0 unspecified atom stereocenters. The smallest absolute Gasteiger partial charge is 0.165 e. The number of nitrogens with zero attached hydrogens (tertiary/aromatic N) is 2. The molecule has 3 nitrogen and oxygen atoms in total. The van der Waals surface area contributed by atoms with E-state index in [9.17, 15) is 4.39 Å². The quantitative estimate of drug-likeness (QED) is 0.625. The Kier molecular flexibility index (Phi) is 4.94. The van der Waals surface area contributed by atoms with Gasteiger partial charge in [-0.15, -0.1) is 0 Å². The van der Waals surface area contributed by atoms with Gasteiger partial charge in [0, 0.05) is 41.8 Å². The Bertz CT molecular complexity index is 1020. The number of aromatic nitrogens is 1. The van der Waals surface area contributed by atoms with Gasteiger partial charge in [0.2, 0.25) is 0 Å². The molecule has 1 aliphatic rings. The number of hydrogen-bond acceptors (Lipinski definition) is 2. The van der Waals surface area contributed by atoms with Crippen molar-refractivity contribution in [2.45, 2.75) is 12.8 Å². The summed E-state index contributed by atoms with van der Waals surface area (Å²) >= 11 is 6.27. The van der Waals surface area contributed by atoms with Crippen LogP contribution in [0.15, 0.2) is 36.4 Å². The Morgan fingerprint density at radius 2 is 1.93 bits per heavy atom. The van der Waals surface area contributed by atoms with E-state index < -0.39 is 0 Å². The van der Waals surface area contributed by atoms with Gasteiger partial charge in [-0.2, -0.15) is 0 Å². The van der Waals surface area contributed by atoms with E-state index in [1.54, 1.807) is 6.07 Å². The maximum Gasteiger partial charge on any atom is 0.165 e. The molecule has 0 saturated carbocycles. The zero-order valence-corrected chi connectivity index (χ0v) is 16.3. The maximum atomic E-state index is 14.0. The summed E-state index contributed by atoms with van der Waals surface area (Å²) in [5.41, 5.74) is 4.60. The Hall–Kier alpha value is -2.30. The molecule has 0 radical (unpaired) electrons. The first kappa shape index (κ1) is 18.1. The van der Waals surface area contributed by atoms with E-state index >= 15 is 0 Å². The highest BCUT2D eigenvalue weighted by atomic mass is 35.5. The highest BCUT2D eigenvalue weighted by Gasteiger charge is 2.19. The molecule has 2 heterocycles. The second kappa shape index (κ2) is 7.37. The molecule has 1 aliphatic heterocycles. The Labute approximate surface area is 163 Å². The van der Waals surface area contributed by atoms with E-state index in [4.69, 9.17) is 16.3 Å². The summed E-state index contributed by atoms with van der Waals surface area (Å²) in [5, 5.41) is 1.96. The van der Waals surface area contributed by atoms with Gasteiger partial charge in [-0.1, -0.05) is 17.7 Å². The fourth-order valence-electron chi connectivity index (χ4n) is 3.78. The summed E-state index contributed by atoms with van der Waals surface area (Å²) in [7, 11) is 3.62. The highest BCUT2D eigenvalue weighted by Crippen LogP contribution is 2.32. The largest absolute Gasteiger partial charge is 0.494 e. The third kappa shape index (κ3) is 3.47. The molecule has 0 saturated heterocycles. The van der Waals surface area contributed by atoms with Gasteiger partial charge in [0.15, 0.2) is 11.6 Å². The number of halogens is 2. The highest BCUT2D eigenvalue weighted by molar-refractivity contribution is 6.31. The van der Waals surface area contributed by atoms with Crippen molar-refractivity contribution >= 4 is 34.8 Å². The minimum Gasteiger partial charge on any atom is -0.494 e. The second-order valence-corrected chi connectivity index (χ2v) is 7.41. The summed E-state index contributed by atoms with van der Waals surface area (Å²) < 4.78 is 21.2. The van der Waals surface area contributed by atoms with Crippen LogP contribution in [0.2, 0.25) is 5.02 Å². The van der Waals surface area contributed by atoms with Crippen LogP contribution in [-0.2, 0) is 12.8 Å². The van der Waals surface area contributed by atoms with Crippen LogP contribution in [0.4, 0.5) is 4.39 Å². The molecule has 2 aromatic carbocycles. The van der Waals surface area contributed by atoms with Gasteiger partial charge in [-0.25, -0.2) is 4.39 Å². The van der Waals surface area contributed by atoms with Crippen molar-refractivity contribution in [3.63, 3.8) is 0 Å². The fraction of sp³-hybridized carbons (Fsp3) is 0.273. The molecule has 140 valence electrons. The summed E-state index contributed by atoms with van der Waals surface area (Å²) in [6.45, 7) is 2.05. The number of benzene rings is 2. The summed E-state index contributed by atoms with van der Waals surface area (Å²) in [6.07, 6.45) is 5.94. The number of methoxy groups -OCH3 is 1. The third-order valence-electron chi connectivity index (χ3n) is 5.25. The first-order valence-corrected chi connectivity index (χ1v) is 9.46. The lowest BCUT2D eigenvalue weighted by atomic mass is 10.1. The van der Waals surface area contributed by atoms with Crippen LogP contribution in [0, 0.1) is 5.82 Å². The lowest BCUT2D eigenvalue weighted by molar-refractivity contribution is 0.351. The van der Waals surface area contributed by atoms with Crippen molar-refractivity contribution in [3.05, 3.63) is 64.1 Å². The number of hydrogen-bond donors (Lipinski definition) is 0. The van der Waals surface area contributed by atoms with Crippen LogP contribution in [0.5, 0.6) is 5.75 Å². The second-order valence-electron chi connectivity index (χ2n) is 6.97. The predicted molar refractivity (Wildman–Crippen MR) is 110 cm³/mol. The normalized spacial score (nSPS) is 15.3. The number of likely N-dealkylation sites (N-methyl/N-ethyl adjacent to an activating group) is 1. The molecule has 3 aromatic rings. The fourth-order valence-corrected chi connectivity index (χ4v) is 3.96. The molecule has 0 bridgehead atoms. The van der Waals surface area contributed by atoms with Crippen molar-refractivity contribution in [2.24, 2.45) is 0 Å². The standard InChI is InChI=1S/C22H22ClFN2O/c1-25-10-8-17-18-14-16(23)4-5-20(18)26(21(17)9-11-25)12-7-15-3-6-22(27-2)19(24)13-15/h3-7,12-14H,8-11H2,1-2H3. The van der Waals surface area contributed by atoms with E-state index in [1.165, 1.54) is 29.8 Å². The molecule has 0 atom stereocenters. The average Bonchev–Trinajstić information content (AvgIpc) is 2.80. The Morgan fingerprint density at radius 3 is 2.70 bits per heavy atom. The molecule has 0 fully saturated rings. The molecule has 5 heteroatoms. The van der Waals surface area contributed by atoms with Crippen molar-refractivity contribution in [1.82, 2.24) is 9.47 Å². The zero-order valence-electron chi connectivity index (χ0n) is 15.5. The van der Waals surface area contributed by atoms with Gasteiger partial charge in [0.1, 0.15) is 0 Å². The SMILES string of the molecule is COc1ccc(C=Cn2c3c(c4cc(Cl)ccc42)CCN(C)CC3)cc1F. The number of ether oxygens (including phenoxy) is 1. The zero-order chi connectivity index (χ0) is 19.0. The number of fused-ring (bicyclic) bond motifs is 3. The molecule has 0 spiro atoms. The van der Waals surface area contributed by atoms with Crippen molar-refractivity contribution in [3.8, 4) is 5.75 Å². The van der Waals surface area contributed by atoms with E-state index in [-0.39, 0.29) is 11.6 Å². The topological polar surface area (TPSA) is 17.4 Å². The minimum absolute atomic E-state index is 0.255. The lowest BCUT2D eigenvalue weighted by Crippen LogP contribution is -2.21. The van der Waals surface area contributed by atoms with Crippen LogP contribution < -0.4 is 4.74 Å². The predicted octanol–water partition coefficient (Wildman–Crippen LogP) is 5.10. The lowest BCUT2D eigenvalue weighted by Gasteiger charge is -2.12. The summed E-state index contributed by atoms with van der Waals surface area (Å²) in [6, 6.07) is 11.0. The monoisotopic (exact) mass is 384 g/mol. The van der Waals surface area contributed by atoms with Crippen LogP contribution in [0.3, 0.4) is 0 Å². The molecular weight excluding hydrogens is 363 g/mol. The van der Waals surface area contributed by atoms with Gasteiger partial charge < -0.3 is 14.2 Å². The van der Waals surface area contributed by atoms with E-state index in [2.05, 4.69) is 28.6 Å². The molecule has 0 aliphatic carbocycles. The third-order valence-corrected chi connectivity index (χ3v) is 5.48. The van der Waals surface area contributed by atoms with Crippen LogP contribution in [-0.4, -0.2) is 36.7 Å². The number of rotatable bonds is 3. The van der Waals surface area contributed by atoms with Gasteiger partial charge in [-0.05, 0) is 61.0 Å². The van der Waals surface area contributed by atoms with Crippen molar-refractivity contribution in [2.75, 3.05) is 27.2 Å². The molecule has 27 heavy (non-hydrogen) atoms. The maximum absolute atomic E-state index is 14.0. The molecule has 4 rings (SSSR count). The molecule has 0 amide bonds. The van der Waals surface area contributed by atoms with Gasteiger partial charge in [0.25, 0.3) is 0 Å². The van der Waals surface area contributed by atoms with E-state index in [0.717, 1.165) is 42.0 Å². The first-order valence-electron chi connectivity index (χ1n) is 9.08. The molecule has 0 N–H and O–H groups in total. The summed E-state index contributed by atoms with van der Waals surface area (Å²) in [5.74, 6) is -0.102. The van der Waals surface area contributed by atoms with Gasteiger partial charge in [-0.3, -0.25) is 0 Å². The molecular formula is C22H22ClFN2O. The Balaban J connectivity index is 1.80. The van der Waals surface area contributed by atoms with Gasteiger partial charge >= 0.3 is 0 Å². The van der Waals surface area contributed by atoms with Crippen LogP contribution in [0.25, 0.3) is 23.2 Å². The summed E-state index contributed by atoms with van der Waals surface area (Å²) in [4.78, 5) is 2.35. The van der Waals surface area contributed by atoms with Crippen LogP contribution >= 0.6 is 11.6 Å². The van der Waals surface area contributed by atoms with Gasteiger partial charge in [0.05, 0.1) is 12.6 Å². The minimum atomic E-state index is -0.357. The Morgan fingerprint density at radius 1 is 1.11 bits per heavy atom. The van der Waals surface area contributed by atoms with Crippen molar-refractivity contribution < 1.29 is 9.13 Å².